The van der Waals surface area contributed by atoms with Gasteiger partial charge >= 0.3 is 17.9 Å². The van der Waals surface area contributed by atoms with Gasteiger partial charge in [-0.3, -0.25) is 0 Å². The van der Waals surface area contributed by atoms with Crippen molar-refractivity contribution in [3.05, 3.63) is 62.1 Å². The van der Waals surface area contributed by atoms with Crippen molar-refractivity contribution >= 4 is 52.7 Å². The number of esters is 2. The van der Waals surface area contributed by atoms with E-state index in [4.69, 9.17) is 44.6 Å². The molecule has 0 aromatic heterocycles. The summed E-state index contributed by atoms with van der Waals surface area (Å²) in [7, 11) is 0. The number of carboxylic acids is 1. The average Bonchev–Trinajstić information content (AvgIpc) is 2.64. The second kappa shape index (κ2) is 9.08. The number of carboxylic acid groups (broad SMARTS) is 1. The van der Waals surface area contributed by atoms with E-state index in [1.807, 2.05) is 19.1 Å². The van der Waals surface area contributed by atoms with Gasteiger partial charge < -0.3 is 14.6 Å². The zero-order valence-electron chi connectivity index (χ0n) is 13.9. The minimum Gasteiger partial charge on any atom is -0.473 e. The fourth-order valence-electron chi connectivity index (χ4n) is 2.26. The minimum absolute atomic E-state index is 0.0738. The lowest BCUT2D eigenvalue weighted by molar-refractivity contribution is -0.158. The standard InChI is InChI=1S/C18H13Cl3O6/c1-2-9-5-3-4-6-10(9)8-26-17(24)13-14(21)11(19)7-12(20)15(13)27-18(25)16(22)23/h3-7H,2,8H2,1H3,(H,22,23). The second-order valence-corrected chi connectivity index (χ2v) is 6.44. The molecule has 2 aromatic rings. The molecule has 0 spiro atoms. The van der Waals surface area contributed by atoms with Gasteiger partial charge in [0.25, 0.3) is 0 Å². The topological polar surface area (TPSA) is 89.9 Å². The molecule has 0 fully saturated rings. The molecule has 0 atom stereocenters. The summed E-state index contributed by atoms with van der Waals surface area (Å²) in [6, 6.07) is 8.47. The van der Waals surface area contributed by atoms with Crippen molar-refractivity contribution < 1.29 is 29.0 Å². The molecule has 6 nitrogen and oxygen atoms in total. The number of hydrogen-bond acceptors (Lipinski definition) is 5. The van der Waals surface area contributed by atoms with Crippen LogP contribution in [0, 0.1) is 0 Å². The molecule has 9 heteroatoms. The van der Waals surface area contributed by atoms with Crippen molar-refractivity contribution in [1.29, 1.82) is 0 Å². The van der Waals surface area contributed by atoms with E-state index < -0.39 is 29.2 Å². The largest absolute Gasteiger partial charge is 0.473 e. The number of carbonyl (C=O) groups is 3. The number of carbonyl (C=O) groups excluding carboxylic acids is 2. The second-order valence-electron chi connectivity index (χ2n) is 5.25. The van der Waals surface area contributed by atoms with Crippen LogP contribution in [0.25, 0.3) is 0 Å². The molecule has 0 saturated heterocycles. The van der Waals surface area contributed by atoms with E-state index in [9.17, 15) is 14.4 Å². The number of hydrogen-bond donors (Lipinski definition) is 1. The third-order valence-corrected chi connectivity index (χ3v) is 4.63. The Kier molecular flexibility index (Phi) is 7.07. The van der Waals surface area contributed by atoms with Crippen molar-refractivity contribution in [1.82, 2.24) is 0 Å². The minimum atomic E-state index is -1.87. The van der Waals surface area contributed by atoms with Crippen LogP contribution in [0.4, 0.5) is 0 Å². The van der Waals surface area contributed by atoms with Crippen molar-refractivity contribution in [2.75, 3.05) is 0 Å². The van der Waals surface area contributed by atoms with E-state index in [-0.39, 0.29) is 21.7 Å². The maximum atomic E-state index is 12.6. The lowest BCUT2D eigenvalue weighted by Crippen LogP contribution is -2.21. The highest BCUT2D eigenvalue weighted by Crippen LogP contribution is 2.40. The predicted molar refractivity (Wildman–Crippen MR) is 99.7 cm³/mol. The summed E-state index contributed by atoms with van der Waals surface area (Å²) in [5.74, 6) is -5.01. The molecule has 1 N–H and O–H groups in total. The highest BCUT2D eigenvalue weighted by atomic mass is 35.5. The number of benzene rings is 2. The number of aryl methyl sites for hydroxylation is 1. The molecule has 0 unspecified atom stereocenters. The Balaban J connectivity index is 2.36. The van der Waals surface area contributed by atoms with E-state index in [1.165, 1.54) is 0 Å². The SMILES string of the molecule is CCc1ccccc1COC(=O)c1c(Cl)c(Cl)cc(Cl)c1OC(=O)C(=O)O. The van der Waals surface area contributed by atoms with Gasteiger partial charge in [0.1, 0.15) is 12.2 Å². The number of halogens is 3. The Hall–Kier alpha value is -2.28. The molecule has 0 heterocycles. The number of rotatable bonds is 5. The van der Waals surface area contributed by atoms with Crippen LogP contribution in [0.5, 0.6) is 5.75 Å². The summed E-state index contributed by atoms with van der Waals surface area (Å²) in [5.41, 5.74) is 1.33. The number of ether oxygens (including phenoxy) is 2. The van der Waals surface area contributed by atoms with Gasteiger partial charge in [0.2, 0.25) is 0 Å². The summed E-state index contributed by atoms with van der Waals surface area (Å²) < 4.78 is 9.93. The maximum Gasteiger partial charge on any atom is 0.422 e. The Bertz CT molecular complexity index is 910. The Morgan fingerprint density at radius 3 is 2.26 bits per heavy atom. The molecule has 0 aliphatic carbocycles. The summed E-state index contributed by atoms with van der Waals surface area (Å²) in [5, 5.41) is 8.08. The average molecular weight is 432 g/mol. The molecule has 142 valence electrons. The molecule has 0 aliphatic heterocycles. The van der Waals surface area contributed by atoms with Gasteiger partial charge in [0.05, 0.1) is 15.1 Å². The van der Waals surface area contributed by atoms with E-state index in [2.05, 4.69) is 4.74 Å². The zero-order chi connectivity index (χ0) is 20.1. The smallest absolute Gasteiger partial charge is 0.422 e. The third kappa shape index (κ3) is 4.91. The molecule has 27 heavy (non-hydrogen) atoms. The quantitative estimate of drug-likeness (QED) is 0.323. The summed E-state index contributed by atoms with van der Waals surface area (Å²) in [6.45, 7) is 1.88. The maximum absolute atomic E-state index is 12.6. The van der Waals surface area contributed by atoms with Gasteiger partial charge in [0, 0.05) is 0 Å². The third-order valence-electron chi connectivity index (χ3n) is 3.56. The van der Waals surface area contributed by atoms with Crippen molar-refractivity contribution in [3.8, 4) is 5.75 Å². The van der Waals surface area contributed by atoms with Crippen LogP contribution in [-0.2, 0) is 27.4 Å². The monoisotopic (exact) mass is 430 g/mol. The molecule has 2 aromatic carbocycles. The fourth-order valence-corrected chi connectivity index (χ4v) is 2.97. The molecule has 0 radical (unpaired) electrons. The number of aliphatic carboxylic acids is 1. The molecular formula is C18H13Cl3O6. The van der Waals surface area contributed by atoms with Gasteiger partial charge in [-0.15, -0.1) is 0 Å². The van der Waals surface area contributed by atoms with Gasteiger partial charge in [0.15, 0.2) is 5.75 Å². The summed E-state index contributed by atoms with van der Waals surface area (Å²) >= 11 is 17.9. The molecule has 0 amide bonds. The zero-order valence-corrected chi connectivity index (χ0v) is 16.2. The molecule has 0 bridgehead atoms. The molecule has 0 saturated carbocycles. The first-order chi connectivity index (χ1) is 12.8. The van der Waals surface area contributed by atoms with Crippen LogP contribution < -0.4 is 4.74 Å². The first-order valence-electron chi connectivity index (χ1n) is 7.62. The lowest BCUT2D eigenvalue weighted by Gasteiger charge is -2.14. The van der Waals surface area contributed by atoms with E-state index >= 15 is 0 Å². The first-order valence-corrected chi connectivity index (χ1v) is 8.76. The van der Waals surface area contributed by atoms with Crippen molar-refractivity contribution in [2.45, 2.75) is 20.0 Å². The van der Waals surface area contributed by atoms with Crippen molar-refractivity contribution in [3.63, 3.8) is 0 Å². The Labute approximate surface area is 169 Å². The van der Waals surface area contributed by atoms with Gasteiger partial charge in [-0.05, 0) is 23.6 Å². The van der Waals surface area contributed by atoms with Crippen LogP contribution >= 0.6 is 34.8 Å². The Morgan fingerprint density at radius 2 is 1.67 bits per heavy atom. The van der Waals surface area contributed by atoms with Gasteiger partial charge in [-0.25, -0.2) is 14.4 Å². The fraction of sp³-hybridized carbons (Fsp3) is 0.167. The van der Waals surface area contributed by atoms with Crippen molar-refractivity contribution in [2.24, 2.45) is 0 Å². The molecule has 0 aliphatic rings. The van der Waals surface area contributed by atoms with Crippen LogP contribution in [0.15, 0.2) is 30.3 Å². The summed E-state index contributed by atoms with van der Waals surface area (Å²) in [6.07, 6.45) is 0.735. The van der Waals surface area contributed by atoms with E-state index in [0.29, 0.717) is 0 Å². The highest BCUT2D eigenvalue weighted by molar-refractivity contribution is 6.46. The van der Waals surface area contributed by atoms with Gasteiger partial charge in [-0.1, -0.05) is 66.0 Å². The first kappa shape index (κ1) is 21.0. The molecule has 2 rings (SSSR count). The van der Waals surface area contributed by atoms with Crippen LogP contribution in [0.1, 0.15) is 28.4 Å². The molecular weight excluding hydrogens is 419 g/mol. The van der Waals surface area contributed by atoms with Gasteiger partial charge in [-0.2, -0.15) is 0 Å². The van der Waals surface area contributed by atoms with E-state index in [0.717, 1.165) is 23.6 Å². The van der Waals surface area contributed by atoms with Crippen LogP contribution in [-0.4, -0.2) is 23.0 Å². The van der Waals surface area contributed by atoms with E-state index in [1.54, 1.807) is 12.1 Å². The normalized spacial score (nSPS) is 10.4. The Morgan fingerprint density at radius 1 is 1.04 bits per heavy atom. The van der Waals surface area contributed by atoms with Crippen LogP contribution in [0.2, 0.25) is 15.1 Å². The summed E-state index contributed by atoms with van der Waals surface area (Å²) in [4.78, 5) is 34.7. The highest BCUT2D eigenvalue weighted by Gasteiger charge is 2.28. The predicted octanol–water partition coefficient (Wildman–Crippen LogP) is 4.56. The lowest BCUT2D eigenvalue weighted by atomic mass is 10.1. The van der Waals surface area contributed by atoms with Crippen LogP contribution in [0.3, 0.4) is 0 Å².